The Morgan fingerprint density at radius 2 is 2.00 bits per heavy atom. The molecule has 2 heterocycles. The molecule has 232 valence electrons. The molecule has 0 radical (unpaired) electrons. The Hall–Kier alpha value is -4.32. The standard InChI is InChI=1S/C33H40FN7O3/c1-4-22-6-8-25(9-7-22)32(3)12-10-23(18-28(32)42)11-16-40-17-14-33(13-15-35,27(34)21-40)41-20-26(29(37)43)30(39-41)38-31(44)24(5-2)19-36/h6-10,12,18,20,24,27-28,42H,4-5,11,13-14,16-17,21H2,1-3H3,(H2,37,43)(H,38,39,44). The van der Waals surface area contributed by atoms with Gasteiger partial charge in [0.2, 0.25) is 5.91 Å². The Bertz CT molecular complexity index is 1520. The molecule has 11 heteroatoms. The van der Waals surface area contributed by atoms with Crippen LogP contribution in [0.15, 0.2) is 54.3 Å². The molecule has 5 atom stereocenters. The third kappa shape index (κ3) is 6.45. The van der Waals surface area contributed by atoms with E-state index in [1.165, 1.54) is 16.4 Å². The summed E-state index contributed by atoms with van der Waals surface area (Å²) in [6, 6.07) is 12.2. The van der Waals surface area contributed by atoms with Gasteiger partial charge in [-0.25, -0.2) is 4.39 Å². The number of allylic oxidation sites excluding steroid dienone is 1. The monoisotopic (exact) mass is 601 g/mol. The first kappa shape index (κ1) is 32.6. The highest BCUT2D eigenvalue weighted by molar-refractivity contribution is 6.02. The summed E-state index contributed by atoms with van der Waals surface area (Å²) in [5.41, 5.74) is 6.73. The molecule has 2 amide bonds. The lowest BCUT2D eigenvalue weighted by atomic mass is 9.73. The van der Waals surface area contributed by atoms with Gasteiger partial charge in [0.15, 0.2) is 5.82 Å². The maximum absolute atomic E-state index is 16.1. The number of rotatable bonds is 11. The Labute approximate surface area is 257 Å². The lowest BCUT2D eigenvalue weighted by molar-refractivity contribution is -0.118. The van der Waals surface area contributed by atoms with E-state index in [0.29, 0.717) is 19.5 Å². The summed E-state index contributed by atoms with van der Waals surface area (Å²) in [7, 11) is 0. The third-order valence-corrected chi connectivity index (χ3v) is 9.14. The number of piperidine rings is 1. The van der Waals surface area contributed by atoms with Crippen molar-refractivity contribution in [3.8, 4) is 12.1 Å². The molecule has 0 spiro atoms. The number of amides is 2. The van der Waals surface area contributed by atoms with Crippen LogP contribution >= 0.6 is 0 Å². The second kappa shape index (κ2) is 13.5. The van der Waals surface area contributed by atoms with Gasteiger partial charge in [0.05, 0.1) is 24.7 Å². The number of aliphatic hydroxyl groups is 1. The van der Waals surface area contributed by atoms with E-state index in [0.717, 1.165) is 17.6 Å². The molecular weight excluding hydrogens is 561 g/mol. The minimum Gasteiger partial charge on any atom is -0.388 e. The van der Waals surface area contributed by atoms with E-state index in [2.05, 4.69) is 47.7 Å². The number of nitrogens with two attached hydrogens (primary N) is 1. The Balaban J connectivity index is 1.45. The number of nitriles is 2. The minimum atomic E-state index is -1.52. The van der Waals surface area contributed by atoms with Crippen molar-refractivity contribution in [3.63, 3.8) is 0 Å². The number of nitrogens with zero attached hydrogens (tertiary/aromatic N) is 5. The Kier molecular flexibility index (Phi) is 10.0. The molecule has 44 heavy (non-hydrogen) atoms. The highest BCUT2D eigenvalue weighted by Crippen LogP contribution is 2.38. The highest BCUT2D eigenvalue weighted by Gasteiger charge is 2.47. The number of aromatic nitrogens is 2. The van der Waals surface area contributed by atoms with E-state index in [1.54, 1.807) is 6.92 Å². The fraction of sp³-hybridized carbons (Fsp3) is 0.485. The number of carbonyl (C=O) groups excluding carboxylic acids is 2. The maximum Gasteiger partial charge on any atom is 0.254 e. The van der Waals surface area contributed by atoms with Crippen LogP contribution in [0.2, 0.25) is 0 Å². The second-order valence-corrected chi connectivity index (χ2v) is 11.8. The Morgan fingerprint density at radius 1 is 1.27 bits per heavy atom. The maximum atomic E-state index is 16.1. The molecule has 1 aromatic heterocycles. The van der Waals surface area contributed by atoms with E-state index in [1.807, 2.05) is 36.1 Å². The van der Waals surface area contributed by atoms with Crippen LogP contribution in [0.25, 0.3) is 0 Å². The van der Waals surface area contributed by atoms with Crippen LogP contribution in [0.1, 0.15) is 67.9 Å². The summed E-state index contributed by atoms with van der Waals surface area (Å²) in [5.74, 6) is -2.63. The summed E-state index contributed by atoms with van der Waals surface area (Å²) >= 11 is 0. The topological polar surface area (TPSA) is 161 Å². The van der Waals surface area contributed by atoms with Gasteiger partial charge in [-0.1, -0.05) is 56.3 Å². The van der Waals surface area contributed by atoms with Gasteiger partial charge in [-0.2, -0.15) is 15.6 Å². The number of aryl methyl sites for hydroxylation is 1. The van der Waals surface area contributed by atoms with Gasteiger partial charge in [0.25, 0.3) is 5.91 Å². The van der Waals surface area contributed by atoms with Crippen LogP contribution in [0.3, 0.4) is 0 Å². The molecule has 4 rings (SSSR count). The lowest BCUT2D eigenvalue weighted by Gasteiger charge is -2.43. The first-order chi connectivity index (χ1) is 21.0. The van der Waals surface area contributed by atoms with E-state index in [4.69, 9.17) is 5.73 Å². The van der Waals surface area contributed by atoms with Gasteiger partial charge in [0.1, 0.15) is 23.2 Å². The number of aliphatic hydroxyl groups excluding tert-OH is 1. The lowest BCUT2D eigenvalue weighted by Crippen LogP contribution is -2.55. The largest absolute Gasteiger partial charge is 0.388 e. The first-order valence-electron chi connectivity index (χ1n) is 15.0. The van der Waals surface area contributed by atoms with Crippen molar-refractivity contribution in [1.82, 2.24) is 14.7 Å². The zero-order valence-corrected chi connectivity index (χ0v) is 25.5. The number of alkyl halides is 1. The molecule has 1 saturated heterocycles. The molecule has 5 unspecified atom stereocenters. The van der Waals surface area contributed by atoms with Crippen molar-refractivity contribution in [2.75, 3.05) is 25.0 Å². The van der Waals surface area contributed by atoms with Crippen LogP contribution < -0.4 is 11.1 Å². The summed E-state index contributed by atoms with van der Waals surface area (Å²) in [5, 5.41) is 36.7. The molecule has 10 nitrogen and oxygen atoms in total. The van der Waals surface area contributed by atoms with Crippen LogP contribution in [-0.2, 0) is 22.2 Å². The number of hydrogen-bond acceptors (Lipinski definition) is 7. The fourth-order valence-corrected chi connectivity index (χ4v) is 5.92. The van der Waals surface area contributed by atoms with Gasteiger partial charge >= 0.3 is 0 Å². The highest BCUT2D eigenvalue weighted by atomic mass is 19.1. The number of carbonyl (C=O) groups is 2. The minimum absolute atomic E-state index is 0.0303. The zero-order chi connectivity index (χ0) is 32.1. The van der Waals surface area contributed by atoms with Gasteiger partial charge in [0, 0.05) is 31.2 Å². The molecule has 0 saturated carbocycles. The SMILES string of the molecule is CCc1ccc(C2(C)C=CC(CCN3CCC(CC#N)(n4cc(C(N)=O)c(NC(=O)C(C#N)CC)n4)C(F)C3)=CC2O)cc1. The molecule has 2 aliphatic rings. The van der Waals surface area contributed by atoms with Gasteiger partial charge in [-0.3, -0.25) is 19.2 Å². The predicted molar refractivity (Wildman–Crippen MR) is 164 cm³/mol. The van der Waals surface area contributed by atoms with Gasteiger partial charge in [-0.15, -0.1) is 0 Å². The molecule has 1 aromatic carbocycles. The molecule has 2 aromatic rings. The number of primary amides is 1. The zero-order valence-electron chi connectivity index (χ0n) is 25.5. The number of anilines is 1. The van der Waals surface area contributed by atoms with Crippen LogP contribution in [0, 0.1) is 28.6 Å². The number of nitrogens with one attached hydrogen (secondary N) is 1. The molecule has 4 N–H and O–H groups in total. The number of benzene rings is 1. The van der Waals surface area contributed by atoms with E-state index in [9.17, 15) is 25.2 Å². The fourth-order valence-electron chi connectivity index (χ4n) is 5.92. The van der Waals surface area contributed by atoms with E-state index < -0.39 is 41.0 Å². The summed E-state index contributed by atoms with van der Waals surface area (Å²) in [6.45, 7) is 6.83. The second-order valence-electron chi connectivity index (χ2n) is 11.8. The van der Waals surface area contributed by atoms with Crippen LogP contribution in [0.4, 0.5) is 10.2 Å². The summed E-state index contributed by atoms with van der Waals surface area (Å²) in [6.07, 6.45) is 6.82. The van der Waals surface area contributed by atoms with Crippen LogP contribution in [0.5, 0.6) is 0 Å². The van der Waals surface area contributed by atoms with Crippen molar-refractivity contribution in [2.45, 2.75) is 76.1 Å². The van der Waals surface area contributed by atoms with Crippen LogP contribution in [-0.4, -0.2) is 63.5 Å². The predicted octanol–water partition coefficient (Wildman–Crippen LogP) is 3.89. The average molecular weight is 602 g/mol. The van der Waals surface area contributed by atoms with Crippen molar-refractivity contribution < 1.29 is 19.1 Å². The molecular formula is C33H40FN7O3. The van der Waals surface area contributed by atoms with Crippen molar-refractivity contribution in [3.05, 3.63) is 71.0 Å². The molecule has 1 fully saturated rings. The smallest absolute Gasteiger partial charge is 0.254 e. The van der Waals surface area contributed by atoms with E-state index >= 15 is 4.39 Å². The Morgan fingerprint density at radius 3 is 2.57 bits per heavy atom. The number of halogens is 1. The normalized spacial score (nSPS) is 25.8. The molecule has 1 aliphatic heterocycles. The number of hydrogen-bond donors (Lipinski definition) is 3. The van der Waals surface area contributed by atoms with E-state index in [-0.39, 0.29) is 37.2 Å². The quantitative estimate of drug-likeness (QED) is 0.352. The number of likely N-dealkylation sites (tertiary alicyclic amines) is 1. The molecule has 1 aliphatic carbocycles. The molecule has 0 bridgehead atoms. The average Bonchev–Trinajstić information content (AvgIpc) is 3.44. The van der Waals surface area contributed by atoms with Gasteiger partial charge < -0.3 is 16.2 Å². The van der Waals surface area contributed by atoms with Crippen molar-refractivity contribution in [1.29, 1.82) is 10.5 Å². The van der Waals surface area contributed by atoms with Gasteiger partial charge in [-0.05, 0) is 49.3 Å². The van der Waals surface area contributed by atoms with Crippen molar-refractivity contribution >= 4 is 17.6 Å². The first-order valence-corrected chi connectivity index (χ1v) is 15.0. The van der Waals surface area contributed by atoms with Crippen molar-refractivity contribution in [2.24, 2.45) is 11.7 Å². The summed E-state index contributed by atoms with van der Waals surface area (Å²) in [4.78, 5) is 26.6. The third-order valence-electron chi connectivity index (χ3n) is 9.14. The summed E-state index contributed by atoms with van der Waals surface area (Å²) < 4.78 is 17.3.